The van der Waals surface area contributed by atoms with Gasteiger partial charge in [0.2, 0.25) is 11.7 Å². The summed E-state index contributed by atoms with van der Waals surface area (Å²) < 4.78 is 0. The summed E-state index contributed by atoms with van der Waals surface area (Å²) in [5, 5.41) is 11.0. The Labute approximate surface area is 121 Å². The van der Waals surface area contributed by atoms with E-state index >= 15 is 0 Å². The molecule has 1 aliphatic rings. The van der Waals surface area contributed by atoms with Crippen LogP contribution in [0, 0.1) is 10.1 Å². The van der Waals surface area contributed by atoms with Crippen LogP contribution in [0.5, 0.6) is 0 Å². The quantitative estimate of drug-likeness (QED) is 0.458. The fraction of sp³-hybridized carbons (Fsp3) is 0.462. The molecule has 0 N–H and O–H groups in total. The minimum absolute atomic E-state index is 0.0407. The first kappa shape index (κ1) is 14.9. The zero-order chi connectivity index (χ0) is 15.4. The molecule has 8 nitrogen and oxygen atoms in total. The van der Waals surface area contributed by atoms with E-state index in [1.54, 1.807) is 9.80 Å². The van der Waals surface area contributed by atoms with Gasteiger partial charge in [-0.2, -0.15) is 0 Å². The van der Waals surface area contributed by atoms with Gasteiger partial charge in [-0.15, -0.1) is 0 Å². The number of rotatable bonds is 4. The van der Waals surface area contributed by atoms with Crippen molar-refractivity contribution in [3.05, 3.63) is 28.4 Å². The topological polar surface area (TPSA) is 96.7 Å². The Hall–Kier alpha value is -2.51. The molecule has 21 heavy (non-hydrogen) atoms. The van der Waals surface area contributed by atoms with E-state index in [9.17, 15) is 19.7 Å². The normalized spacial score (nSPS) is 14.9. The molecule has 0 bridgehead atoms. The molecule has 1 aliphatic heterocycles. The third kappa shape index (κ3) is 3.53. The fourth-order valence-electron chi connectivity index (χ4n) is 2.27. The van der Waals surface area contributed by atoms with Gasteiger partial charge in [-0.1, -0.05) is 0 Å². The Bertz CT molecular complexity index is 567. The van der Waals surface area contributed by atoms with Crippen molar-refractivity contribution in [1.29, 1.82) is 0 Å². The Morgan fingerprint density at radius 3 is 2.57 bits per heavy atom. The van der Waals surface area contributed by atoms with Crippen molar-refractivity contribution in [1.82, 2.24) is 9.88 Å². The SMILES string of the molecule is CC(=O)CC(=O)N1CCN(c2ncccc2[N+](=O)[O-])CC1. The predicted octanol–water partition coefficient (Wildman–Crippen LogP) is 0.617. The number of anilines is 1. The molecule has 1 saturated heterocycles. The van der Waals surface area contributed by atoms with E-state index in [1.165, 1.54) is 25.3 Å². The lowest BCUT2D eigenvalue weighted by Gasteiger charge is -2.35. The second kappa shape index (κ2) is 6.29. The van der Waals surface area contributed by atoms with E-state index in [0.29, 0.717) is 32.0 Å². The van der Waals surface area contributed by atoms with Gasteiger partial charge in [0.05, 0.1) is 11.3 Å². The second-order valence-electron chi connectivity index (χ2n) is 4.85. The highest BCUT2D eigenvalue weighted by Crippen LogP contribution is 2.25. The molecule has 2 rings (SSSR count). The van der Waals surface area contributed by atoms with Crippen molar-refractivity contribution in [2.24, 2.45) is 0 Å². The smallest absolute Gasteiger partial charge is 0.311 e. The summed E-state index contributed by atoms with van der Waals surface area (Å²) >= 11 is 0. The molecule has 0 saturated carbocycles. The number of amides is 1. The van der Waals surface area contributed by atoms with Crippen LogP contribution in [0.25, 0.3) is 0 Å². The van der Waals surface area contributed by atoms with Crippen LogP contribution in [0.4, 0.5) is 11.5 Å². The maximum atomic E-state index is 11.8. The summed E-state index contributed by atoms with van der Waals surface area (Å²) in [5.74, 6) is -0.0402. The number of aromatic nitrogens is 1. The zero-order valence-electron chi connectivity index (χ0n) is 11.7. The molecular weight excluding hydrogens is 276 g/mol. The van der Waals surface area contributed by atoms with Gasteiger partial charge >= 0.3 is 5.69 Å². The molecule has 2 heterocycles. The largest absolute Gasteiger partial charge is 0.347 e. The molecule has 0 atom stereocenters. The van der Waals surface area contributed by atoms with Gasteiger partial charge in [0.25, 0.3) is 0 Å². The summed E-state index contributed by atoms with van der Waals surface area (Å²) in [6.45, 7) is 3.16. The van der Waals surface area contributed by atoms with Crippen LogP contribution in [-0.2, 0) is 9.59 Å². The lowest BCUT2D eigenvalue weighted by atomic mass is 10.2. The first-order valence-corrected chi connectivity index (χ1v) is 6.60. The molecule has 8 heteroatoms. The molecule has 1 aromatic heterocycles. The first-order chi connectivity index (χ1) is 9.99. The first-order valence-electron chi connectivity index (χ1n) is 6.60. The number of piperazine rings is 1. The van der Waals surface area contributed by atoms with Crippen molar-refractivity contribution in [2.75, 3.05) is 31.1 Å². The number of pyridine rings is 1. The third-order valence-electron chi connectivity index (χ3n) is 3.29. The number of carbonyl (C=O) groups excluding carboxylic acids is 2. The van der Waals surface area contributed by atoms with Crippen molar-refractivity contribution in [2.45, 2.75) is 13.3 Å². The minimum Gasteiger partial charge on any atom is -0.347 e. The summed E-state index contributed by atoms with van der Waals surface area (Å²) in [4.78, 5) is 40.7. The lowest BCUT2D eigenvalue weighted by Crippen LogP contribution is -2.49. The molecule has 0 aliphatic carbocycles. The van der Waals surface area contributed by atoms with E-state index in [-0.39, 0.29) is 23.8 Å². The Morgan fingerprint density at radius 2 is 2.00 bits per heavy atom. The highest BCUT2D eigenvalue weighted by Gasteiger charge is 2.26. The van der Waals surface area contributed by atoms with Crippen LogP contribution in [0.3, 0.4) is 0 Å². The molecular formula is C13H16N4O4. The van der Waals surface area contributed by atoms with Gasteiger partial charge in [0.1, 0.15) is 5.78 Å². The van der Waals surface area contributed by atoms with Crippen molar-refractivity contribution in [3.8, 4) is 0 Å². The predicted molar refractivity (Wildman–Crippen MR) is 75.0 cm³/mol. The summed E-state index contributed by atoms with van der Waals surface area (Å²) in [5.41, 5.74) is -0.0407. The van der Waals surface area contributed by atoms with E-state index in [1.807, 2.05) is 0 Å². The van der Waals surface area contributed by atoms with Gasteiger partial charge in [-0.3, -0.25) is 19.7 Å². The van der Waals surface area contributed by atoms with Crippen molar-refractivity contribution < 1.29 is 14.5 Å². The Kier molecular flexibility index (Phi) is 4.46. The van der Waals surface area contributed by atoms with Gasteiger partial charge in [-0.25, -0.2) is 4.98 Å². The molecule has 1 aromatic rings. The number of Topliss-reactive ketones (excluding diaryl/α,β-unsaturated/α-hetero) is 1. The third-order valence-corrected chi connectivity index (χ3v) is 3.29. The lowest BCUT2D eigenvalue weighted by molar-refractivity contribution is -0.384. The standard InChI is InChI=1S/C13H16N4O4/c1-10(18)9-12(19)15-5-7-16(8-6-15)13-11(17(20)21)3-2-4-14-13/h2-4H,5-9H2,1H3. The summed E-state index contributed by atoms with van der Waals surface area (Å²) in [6.07, 6.45) is 1.42. The fourth-order valence-corrected chi connectivity index (χ4v) is 2.27. The number of nitrogens with zero attached hydrogens (tertiary/aromatic N) is 4. The number of hydrogen-bond donors (Lipinski definition) is 0. The van der Waals surface area contributed by atoms with E-state index in [0.717, 1.165) is 0 Å². The molecule has 0 aromatic carbocycles. The van der Waals surface area contributed by atoms with Crippen LogP contribution in [-0.4, -0.2) is 52.7 Å². The molecule has 0 unspecified atom stereocenters. The van der Waals surface area contributed by atoms with Crippen LogP contribution < -0.4 is 4.90 Å². The Balaban J connectivity index is 2.03. The molecule has 0 spiro atoms. The highest BCUT2D eigenvalue weighted by molar-refractivity contribution is 5.96. The number of carbonyl (C=O) groups is 2. The van der Waals surface area contributed by atoms with Crippen LogP contribution in [0.1, 0.15) is 13.3 Å². The molecule has 112 valence electrons. The van der Waals surface area contributed by atoms with Gasteiger partial charge in [0.15, 0.2) is 0 Å². The highest BCUT2D eigenvalue weighted by atomic mass is 16.6. The molecule has 1 amide bonds. The van der Waals surface area contributed by atoms with E-state index < -0.39 is 4.92 Å². The molecule has 1 fully saturated rings. The summed E-state index contributed by atoms with van der Waals surface area (Å²) in [6, 6.07) is 2.93. The van der Waals surface area contributed by atoms with Crippen LogP contribution in [0.15, 0.2) is 18.3 Å². The van der Waals surface area contributed by atoms with E-state index in [2.05, 4.69) is 4.98 Å². The van der Waals surface area contributed by atoms with Gasteiger partial charge < -0.3 is 9.80 Å². The summed E-state index contributed by atoms with van der Waals surface area (Å²) in [7, 11) is 0. The van der Waals surface area contributed by atoms with E-state index in [4.69, 9.17) is 0 Å². The van der Waals surface area contributed by atoms with Crippen LogP contribution in [0.2, 0.25) is 0 Å². The monoisotopic (exact) mass is 292 g/mol. The van der Waals surface area contributed by atoms with Gasteiger partial charge in [0, 0.05) is 38.4 Å². The Morgan fingerprint density at radius 1 is 1.33 bits per heavy atom. The number of ketones is 1. The van der Waals surface area contributed by atoms with Crippen LogP contribution >= 0.6 is 0 Å². The minimum atomic E-state index is -0.463. The average Bonchev–Trinajstić information content (AvgIpc) is 2.46. The maximum Gasteiger partial charge on any atom is 0.311 e. The second-order valence-corrected chi connectivity index (χ2v) is 4.85. The van der Waals surface area contributed by atoms with Gasteiger partial charge in [-0.05, 0) is 13.0 Å². The number of nitro groups is 1. The average molecular weight is 292 g/mol. The molecule has 0 radical (unpaired) electrons. The van der Waals surface area contributed by atoms with Crippen molar-refractivity contribution >= 4 is 23.2 Å². The van der Waals surface area contributed by atoms with Crippen molar-refractivity contribution in [3.63, 3.8) is 0 Å². The number of hydrogen-bond acceptors (Lipinski definition) is 6. The zero-order valence-corrected chi connectivity index (χ0v) is 11.7. The maximum absolute atomic E-state index is 11.8.